The molecule has 92 valence electrons. The highest BCUT2D eigenvalue weighted by atomic mass is 15.1. The number of nitrogens with zero attached hydrogens (tertiary/aromatic N) is 3. The van der Waals surface area contributed by atoms with E-state index in [1.165, 1.54) is 0 Å². The third kappa shape index (κ3) is 1.95. The highest BCUT2D eigenvalue weighted by Crippen LogP contribution is 2.28. The van der Waals surface area contributed by atoms with Crippen molar-refractivity contribution in [2.75, 3.05) is 24.7 Å². The van der Waals surface area contributed by atoms with Crippen LogP contribution >= 0.6 is 0 Å². The molecule has 0 aromatic carbocycles. The highest BCUT2D eigenvalue weighted by Gasteiger charge is 2.22. The Labute approximate surface area is 102 Å². The SMILES string of the molecule is CN(C)c1ccc2nc(C(C)(C)C)c(N)n2c1. The average molecular weight is 232 g/mol. The zero-order valence-electron chi connectivity index (χ0n) is 11.2. The van der Waals surface area contributed by atoms with Crippen molar-refractivity contribution in [1.29, 1.82) is 0 Å². The second-order valence-corrected chi connectivity index (χ2v) is 5.61. The number of fused-ring (bicyclic) bond motifs is 1. The van der Waals surface area contributed by atoms with E-state index in [2.05, 4.69) is 30.7 Å². The topological polar surface area (TPSA) is 46.6 Å². The maximum Gasteiger partial charge on any atom is 0.138 e. The van der Waals surface area contributed by atoms with E-state index in [1.54, 1.807) is 0 Å². The molecule has 2 aromatic rings. The van der Waals surface area contributed by atoms with Crippen molar-refractivity contribution in [3.8, 4) is 0 Å². The van der Waals surface area contributed by atoms with Gasteiger partial charge in [0.1, 0.15) is 11.5 Å². The van der Waals surface area contributed by atoms with Crippen LogP contribution in [0.3, 0.4) is 0 Å². The molecular weight excluding hydrogens is 212 g/mol. The molecule has 0 atom stereocenters. The van der Waals surface area contributed by atoms with E-state index in [1.807, 2.05) is 36.8 Å². The van der Waals surface area contributed by atoms with E-state index in [9.17, 15) is 0 Å². The van der Waals surface area contributed by atoms with Gasteiger partial charge in [0.2, 0.25) is 0 Å². The molecule has 2 heterocycles. The number of rotatable bonds is 1. The first-order valence-corrected chi connectivity index (χ1v) is 5.76. The normalized spacial score (nSPS) is 12.1. The van der Waals surface area contributed by atoms with Gasteiger partial charge in [-0.2, -0.15) is 0 Å². The number of anilines is 2. The first-order valence-electron chi connectivity index (χ1n) is 5.76. The summed E-state index contributed by atoms with van der Waals surface area (Å²) in [4.78, 5) is 6.65. The minimum Gasteiger partial charge on any atom is -0.383 e. The Hall–Kier alpha value is -1.71. The summed E-state index contributed by atoms with van der Waals surface area (Å²) in [5, 5.41) is 0. The first kappa shape index (κ1) is 11.8. The van der Waals surface area contributed by atoms with Gasteiger partial charge in [-0.25, -0.2) is 4.98 Å². The Kier molecular flexibility index (Phi) is 2.53. The van der Waals surface area contributed by atoms with Crippen molar-refractivity contribution in [2.24, 2.45) is 0 Å². The van der Waals surface area contributed by atoms with Gasteiger partial charge in [0.25, 0.3) is 0 Å². The number of imidazole rings is 1. The molecule has 4 nitrogen and oxygen atoms in total. The van der Waals surface area contributed by atoms with Crippen LogP contribution in [-0.2, 0) is 5.41 Å². The Balaban J connectivity index is 2.67. The lowest BCUT2D eigenvalue weighted by molar-refractivity contribution is 0.576. The lowest BCUT2D eigenvalue weighted by Crippen LogP contribution is -2.14. The zero-order chi connectivity index (χ0) is 12.8. The molecule has 0 saturated carbocycles. The fraction of sp³-hybridized carbons (Fsp3) is 0.462. The molecule has 0 amide bonds. The zero-order valence-corrected chi connectivity index (χ0v) is 11.2. The van der Waals surface area contributed by atoms with E-state index in [0.717, 1.165) is 22.8 Å². The summed E-state index contributed by atoms with van der Waals surface area (Å²) >= 11 is 0. The van der Waals surface area contributed by atoms with Crippen LogP contribution in [0.25, 0.3) is 5.65 Å². The summed E-state index contributed by atoms with van der Waals surface area (Å²) < 4.78 is 1.95. The van der Waals surface area contributed by atoms with Crippen LogP contribution in [0.5, 0.6) is 0 Å². The van der Waals surface area contributed by atoms with E-state index >= 15 is 0 Å². The number of aromatic nitrogens is 2. The van der Waals surface area contributed by atoms with Crippen LogP contribution in [-0.4, -0.2) is 23.5 Å². The molecule has 0 saturated heterocycles. The van der Waals surface area contributed by atoms with Gasteiger partial charge >= 0.3 is 0 Å². The van der Waals surface area contributed by atoms with Crippen LogP contribution in [0, 0.1) is 0 Å². The third-order valence-electron chi connectivity index (χ3n) is 2.87. The lowest BCUT2D eigenvalue weighted by Gasteiger charge is -2.16. The van der Waals surface area contributed by atoms with Crippen molar-refractivity contribution < 1.29 is 0 Å². The largest absolute Gasteiger partial charge is 0.383 e. The number of hydrogen-bond donors (Lipinski definition) is 1. The third-order valence-corrected chi connectivity index (χ3v) is 2.87. The Morgan fingerprint density at radius 2 is 1.88 bits per heavy atom. The maximum absolute atomic E-state index is 6.18. The lowest BCUT2D eigenvalue weighted by atomic mass is 9.92. The van der Waals surface area contributed by atoms with Gasteiger partial charge < -0.3 is 10.6 Å². The van der Waals surface area contributed by atoms with Gasteiger partial charge in [-0.05, 0) is 12.1 Å². The summed E-state index contributed by atoms with van der Waals surface area (Å²) in [6.07, 6.45) is 2.02. The number of nitrogen functional groups attached to an aromatic ring is 1. The van der Waals surface area contributed by atoms with E-state index in [-0.39, 0.29) is 5.41 Å². The number of nitrogens with two attached hydrogens (primary N) is 1. The monoisotopic (exact) mass is 232 g/mol. The summed E-state index contributed by atoms with van der Waals surface area (Å²) in [6.45, 7) is 6.37. The van der Waals surface area contributed by atoms with Crippen LogP contribution in [0.15, 0.2) is 18.3 Å². The summed E-state index contributed by atoms with van der Waals surface area (Å²) in [7, 11) is 4.03. The van der Waals surface area contributed by atoms with Gasteiger partial charge in [0.15, 0.2) is 0 Å². The molecule has 17 heavy (non-hydrogen) atoms. The second-order valence-electron chi connectivity index (χ2n) is 5.61. The summed E-state index contributed by atoms with van der Waals surface area (Å²) in [5.74, 6) is 0.733. The quantitative estimate of drug-likeness (QED) is 0.820. The van der Waals surface area contributed by atoms with Crippen LogP contribution in [0.2, 0.25) is 0 Å². The van der Waals surface area contributed by atoms with Crippen LogP contribution in [0.4, 0.5) is 11.5 Å². The van der Waals surface area contributed by atoms with Gasteiger partial charge in [-0.15, -0.1) is 0 Å². The standard InChI is InChI=1S/C13H20N4/c1-13(2,3)11-12(14)17-8-9(16(4)5)6-7-10(17)15-11/h6-8H,14H2,1-5H3. The van der Waals surface area contributed by atoms with Crippen LogP contribution < -0.4 is 10.6 Å². The predicted molar refractivity (Wildman–Crippen MR) is 72.6 cm³/mol. The fourth-order valence-corrected chi connectivity index (χ4v) is 1.87. The molecule has 2 rings (SSSR count). The molecule has 2 N–H and O–H groups in total. The molecule has 0 radical (unpaired) electrons. The van der Waals surface area contributed by atoms with E-state index in [0.29, 0.717) is 0 Å². The minimum absolute atomic E-state index is 0.0334. The van der Waals surface area contributed by atoms with Gasteiger partial charge in [-0.3, -0.25) is 4.40 Å². The molecule has 0 aliphatic rings. The first-order chi connectivity index (χ1) is 7.80. The number of hydrogen-bond acceptors (Lipinski definition) is 3. The molecule has 2 aromatic heterocycles. The maximum atomic E-state index is 6.18. The van der Waals surface area contributed by atoms with Crippen molar-refractivity contribution in [3.63, 3.8) is 0 Å². The summed E-state index contributed by atoms with van der Waals surface area (Å²) in [6, 6.07) is 4.05. The molecule has 4 heteroatoms. The highest BCUT2D eigenvalue weighted by molar-refractivity contribution is 5.59. The molecule has 0 fully saturated rings. The van der Waals surface area contributed by atoms with Gasteiger partial charge in [0.05, 0.1) is 11.4 Å². The molecule has 0 aliphatic heterocycles. The van der Waals surface area contributed by atoms with Crippen molar-refractivity contribution >= 4 is 17.2 Å². The molecule has 0 unspecified atom stereocenters. The van der Waals surface area contributed by atoms with Crippen molar-refractivity contribution in [2.45, 2.75) is 26.2 Å². The number of pyridine rings is 1. The van der Waals surface area contributed by atoms with E-state index in [4.69, 9.17) is 5.73 Å². The average Bonchev–Trinajstić information content (AvgIpc) is 2.55. The van der Waals surface area contributed by atoms with Crippen molar-refractivity contribution in [3.05, 3.63) is 24.0 Å². The van der Waals surface area contributed by atoms with Crippen molar-refractivity contribution in [1.82, 2.24) is 9.38 Å². The molecular formula is C13H20N4. The predicted octanol–water partition coefficient (Wildman–Crippen LogP) is 2.28. The van der Waals surface area contributed by atoms with E-state index < -0.39 is 0 Å². The van der Waals surface area contributed by atoms with Gasteiger partial charge in [0, 0.05) is 25.7 Å². The Morgan fingerprint density at radius 3 is 2.41 bits per heavy atom. The molecule has 0 aliphatic carbocycles. The minimum atomic E-state index is -0.0334. The van der Waals surface area contributed by atoms with Gasteiger partial charge in [-0.1, -0.05) is 20.8 Å². The second kappa shape index (κ2) is 3.65. The molecule has 0 bridgehead atoms. The Bertz CT molecular complexity index is 546. The molecule has 0 spiro atoms. The summed E-state index contributed by atoms with van der Waals surface area (Å²) in [5.41, 5.74) is 9.11. The van der Waals surface area contributed by atoms with Crippen LogP contribution in [0.1, 0.15) is 26.5 Å². The fourth-order valence-electron chi connectivity index (χ4n) is 1.87. The smallest absolute Gasteiger partial charge is 0.138 e. The Morgan fingerprint density at radius 1 is 1.24 bits per heavy atom.